The lowest BCUT2D eigenvalue weighted by Crippen LogP contribution is -2.06. The van der Waals surface area contributed by atoms with Gasteiger partial charge in [0.05, 0.1) is 14.2 Å². The maximum Gasteiger partial charge on any atom is 0.161 e. The Morgan fingerprint density at radius 3 is 1.38 bits per heavy atom. The van der Waals surface area contributed by atoms with Crippen LogP contribution in [0.1, 0.15) is 68.4 Å². The van der Waals surface area contributed by atoms with Crippen LogP contribution >= 0.6 is 0 Å². The molecule has 0 aliphatic carbocycles. The van der Waals surface area contributed by atoms with Crippen LogP contribution in [0.25, 0.3) is 0 Å². The molecule has 208 valence electrons. The summed E-state index contributed by atoms with van der Waals surface area (Å²) in [7, 11) is 3.24. The van der Waals surface area contributed by atoms with Crippen LogP contribution in [0.15, 0.2) is 54.6 Å². The van der Waals surface area contributed by atoms with Crippen LogP contribution in [0.5, 0.6) is 23.0 Å². The van der Waals surface area contributed by atoms with Crippen LogP contribution in [0.2, 0.25) is 0 Å². The standard InChI is InChI=1S/C33H42N2O4/c1-21(2)12-28(34)26-8-10-30(32(17-26)36-6)38-19-24-14-23(5)15-25(16-24)20-39-31-11-9-27(18-33(31)37-7)29(35)13-22(3)4/h8-11,14-18,21-22,34-35H,12-13,19-20H2,1-7H3. The molecule has 0 unspecified atom stereocenters. The van der Waals surface area contributed by atoms with Crippen molar-refractivity contribution in [1.82, 2.24) is 0 Å². The lowest BCUT2D eigenvalue weighted by Gasteiger charge is -2.15. The van der Waals surface area contributed by atoms with E-state index in [4.69, 9.17) is 29.8 Å². The predicted molar refractivity (Wildman–Crippen MR) is 158 cm³/mol. The minimum absolute atomic E-state index is 0.379. The highest BCUT2D eigenvalue weighted by molar-refractivity contribution is 5.99. The van der Waals surface area contributed by atoms with Gasteiger partial charge < -0.3 is 29.8 Å². The van der Waals surface area contributed by atoms with Crippen molar-refractivity contribution in [1.29, 1.82) is 10.8 Å². The van der Waals surface area contributed by atoms with Crippen LogP contribution in [-0.2, 0) is 13.2 Å². The zero-order chi connectivity index (χ0) is 28.5. The van der Waals surface area contributed by atoms with Gasteiger partial charge >= 0.3 is 0 Å². The highest BCUT2D eigenvalue weighted by atomic mass is 16.5. The van der Waals surface area contributed by atoms with Crippen molar-refractivity contribution in [2.45, 2.75) is 60.7 Å². The van der Waals surface area contributed by atoms with Crippen LogP contribution in [-0.4, -0.2) is 25.6 Å². The Labute approximate surface area is 233 Å². The Bertz CT molecular complexity index is 1200. The van der Waals surface area contributed by atoms with Crippen LogP contribution in [0.3, 0.4) is 0 Å². The predicted octanol–water partition coefficient (Wildman–Crippen LogP) is 8.00. The molecule has 0 bridgehead atoms. The quantitative estimate of drug-likeness (QED) is 0.207. The van der Waals surface area contributed by atoms with Crippen LogP contribution < -0.4 is 18.9 Å². The van der Waals surface area contributed by atoms with Gasteiger partial charge in [-0.25, -0.2) is 0 Å². The number of ether oxygens (including phenoxy) is 4. The molecule has 0 aliphatic heterocycles. The van der Waals surface area contributed by atoms with E-state index in [9.17, 15) is 0 Å². The van der Waals surface area contributed by atoms with Gasteiger partial charge in [-0.15, -0.1) is 0 Å². The summed E-state index contributed by atoms with van der Waals surface area (Å²) in [6.07, 6.45) is 1.44. The van der Waals surface area contributed by atoms with E-state index in [0.717, 1.165) is 40.7 Å². The lowest BCUT2D eigenvalue weighted by molar-refractivity contribution is 0.279. The third-order valence-electron chi connectivity index (χ3n) is 6.23. The Balaban J connectivity index is 1.69. The second kappa shape index (κ2) is 13.8. The van der Waals surface area contributed by atoms with Crippen molar-refractivity contribution in [3.63, 3.8) is 0 Å². The van der Waals surface area contributed by atoms with Gasteiger partial charge in [0, 0.05) is 11.4 Å². The minimum Gasteiger partial charge on any atom is -0.493 e. The maximum absolute atomic E-state index is 8.34. The zero-order valence-electron chi connectivity index (χ0n) is 24.3. The molecular formula is C33H42N2O4. The van der Waals surface area contributed by atoms with Gasteiger partial charge in [0.15, 0.2) is 23.0 Å². The second-order valence-electron chi connectivity index (χ2n) is 10.8. The molecule has 6 nitrogen and oxygen atoms in total. The summed E-state index contributed by atoms with van der Waals surface area (Å²) in [4.78, 5) is 0. The van der Waals surface area contributed by atoms with Crippen molar-refractivity contribution in [2.75, 3.05) is 14.2 Å². The molecule has 0 amide bonds. The highest BCUT2D eigenvalue weighted by Gasteiger charge is 2.13. The Morgan fingerprint density at radius 2 is 1.03 bits per heavy atom. The minimum atomic E-state index is 0.379. The van der Waals surface area contributed by atoms with Crippen molar-refractivity contribution in [3.8, 4) is 23.0 Å². The molecule has 0 aromatic heterocycles. The summed E-state index contributed by atoms with van der Waals surface area (Å²) in [6.45, 7) is 11.2. The number of hydrogen-bond donors (Lipinski definition) is 2. The van der Waals surface area contributed by atoms with Gasteiger partial charge in [-0.1, -0.05) is 45.4 Å². The van der Waals surface area contributed by atoms with Crippen LogP contribution in [0, 0.1) is 29.6 Å². The Hall–Kier alpha value is -3.80. The number of methoxy groups -OCH3 is 2. The van der Waals surface area contributed by atoms with Crippen molar-refractivity contribution in [2.24, 2.45) is 11.8 Å². The van der Waals surface area contributed by atoms with E-state index in [1.807, 2.05) is 36.4 Å². The van der Waals surface area contributed by atoms with Crippen molar-refractivity contribution in [3.05, 3.63) is 82.4 Å². The Kier molecular flexibility index (Phi) is 10.6. The van der Waals surface area contributed by atoms with Crippen molar-refractivity contribution < 1.29 is 18.9 Å². The summed E-state index contributed by atoms with van der Waals surface area (Å²) in [6, 6.07) is 17.6. The van der Waals surface area contributed by atoms with Gasteiger partial charge in [-0.2, -0.15) is 0 Å². The van der Waals surface area contributed by atoms with Gasteiger partial charge in [0.25, 0.3) is 0 Å². The highest BCUT2D eigenvalue weighted by Crippen LogP contribution is 2.31. The van der Waals surface area contributed by atoms with E-state index >= 15 is 0 Å². The molecule has 0 spiro atoms. The van der Waals surface area contributed by atoms with Crippen LogP contribution in [0.4, 0.5) is 0 Å². The summed E-state index contributed by atoms with van der Waals surface area (Å²) in [5, 5.41) is 16.7. The fourth-order valence-corrected chi connectivity index (χ4v) is 4.44. The number of hydrogen-bond acceptors (Lipinski definition) is 6. The molecule has 0 aliphatic rings. The third-order valence-corrected chi connectivity index (χ3v) is 6.23. The van der Waals surface area contributed by atoms with E-state index in [1.54, 1.807) is 14.2 Å². The summed E-state index contributed by atoms with van der Waals surface area (Å²) < 4.78 is 23.4. The molecule has 0 radical (unpaired) electrons. The summed E-state index contributed by atoms with van der Waals surface area (Å²) >= 11 is 0. The van der Waals surface area contributed by atoms with E-state index in [0.29, 0.717) is 59.5 Å². The number of aryl methyl sites for hydroxylation is 1. The molecule has 3 aromatic carbocycles. The zero-order valence-corrected chi connectivity index (χ0v) is 24.3. The summed E-state index contributed by atoms with van der Waals surface area (Å²) in [5.74, 6) is 3.37. The molecule has 2 N–H and O–H groups in total. The van der Waals surface area contributed by atoms with Gasteiger partial charge in [0.2, 0.25) is 0 Å². The van der Waals surface area contributed by atoms with E-state index in [-0.39, 0.29) is 0 Å². The molecule has 0 atom stereocenters. The molecule has 6 heteroatoms. The van der Waals surface area contributed by atoms with E-state index in [1.165, 1.54) is 0 Å². The maximum atomic E-state index is 8.34. The summed E-state index contributed by atoms with van der Waals surface area (Å²) in [5.41, 5.74) is 6.06. The molecule has 0 fully saturated rings. The van der Waals surface area contributed by atoms with E-state index < -0.39 is 0 Å². The molecule has 3 aromatic rings. The lowest BCUT2D eigenvalue weighted by atomic mass is 10.00. The van der Waals surface area contributed by atoms with Gasteiger partial charge in [-0.3, -0.25) is 0 Å². The first-order valence-corrected chi connectivity index (χ1v) is 13.5. The molecule has 3 rings (SSSR count). The monoisotopic (exact) mass is 530 g/mol. The Morgan fingerprint density at radius 1 is 0.615 bits per heavy atom. The molecular weight excluding hydrogens is 488 g/mol. The first-order valence-electron chi connectivity index (χ1n) is 13.5. The van der Waals surface area contributed by atoms with Crippen molar-refractivity contribution >= 4 is 11.4 Å². The SMILES string of the molecule is COc1cc(C(=N)CC(C)C)ccc1OCc1cc(C)cc(COc2ccc(C(=N)CC(C)C)cc2OC)c1. The molecule has 0 saturated heterocycles. The fraction of sp³-hybridized carbons (Fsp3) is 0.394. The first kappa shape index (κ1) is 29.8. The number of nitrogens with one attached hydrogen (secondary N) is 2. The number of benzene rings is 3. The van der Waals surface area contributed by atoms with Gasteiger partial charge in [-0.05, 0) is 96.3 Å². The average molecular weight is 531 g/mol. The molecule has 0 heterocycles. The second-order valence-corrected chi connectivity index (χ2v) is 10.8. The first-order chi connectivity index (χ1) is 18.6. The molecule has 0 saturated carbocycles. The normalized spacial score (nSPS) is 11.0. The smallest absolute Gasteiger partial charge is 0.161 e. The largest absolute Gasteiger partial charge is 0.493 e. The third kappa shape index (κ3) is 8.60. The van der Waals surface area contributed by atoms with Gasteiger partial charge in [0.1, 0.15) is 13.2 Å². The van der Waals surface area contributed by atoms with E-state index in [2.05, 4.69) is 52.8 Å². The molecule has 39 heavy (non-hydrogen) atoms. The topological polar surface area (TPSA) is 84.6 Å². The average Bonchev–Trinajstić information content (AvgIpc) is 2.89. The fourth-order valence-electron chi connectivity index (χ4n) is 4.44. The number of rotatable bonds is 14.